The molecule has 2 aromatic heterocycles. The second kappa shape index (κ2) is 8.22. The summed E-state index contributed by atoms with van der Waals surface area (Å²) < 4.78 is 7.29. The van der Waals surface area contributed by atoms with Crippen molar-refractivity contribution in [3.63, 3.8) is 0 Å². The monoisotopic (exact) mass is 343 g/mol. The third-order valence-corrected chi connectivity index (χ3v) is 4.25. The summed E-state index contributed by atoms with van der Waals surface area (Å²) in [7, 11) is 0. The van der Waals surface area contributed by atoms with Crippen LogP contribution in [0.15, 0.2) is 30.6 Å². The Morgan fingerprint density at radius 3 is 2.88 bits per heavy atom. The van der Waals surface area contributed by atoms with Gasteiger partial charge in [-0.3, -0.25) is 14.7 Å². The fourth-order valence-electron chi connectivity index (χ4n) is 3.12. The Labute approximate surface area is 148 Å². The molecule has 0 radical (unpaired) electrons. The van der Waals surface area contributed by atoms with Crippen molar-refractivity contribution in [3.05, 3.63) is 41.9 Å². The maximum Gasteiger partial charge on any atom is 0.247 e. The molecule has 1 amide bonds. The highest BCUT2D eigenvalue weighted by Crippen LogP contribution is 2.23. The maximum absolute atomic E-state index is 13.1. The van der Waals surface area contributed by atoms with Crippen LogP contribution in [0.2, 0.25) is 0 Å². The Bertz CT molecular complexity index is 695. The average molecular weight is 343 g/mol. The van der Waals surface area contributed by atoms with Gasteiger partial charge in [0.1, 0.15) is 11.9 Å². The Balaban J connectivity index is 1.84. The Hall–Kier alpha value is -2.25. The minimum absolute atomic E-state index is 0.0628. The number of hydrogen-bond acceptors (Lipinski definition) is 5. The van der Waals surface area contributed by atoms with Gasteiger partial charge in [0.05, 0.1) is 18.9 Å². The maximum atomic E-state index is 13.1. The first-order chi connectivity index (χ1) is 12.2. The number of hydrogen-bond donors (Lipinski definition) is 1. The highest BCUT2D eigenvalue weighted by atomic mass is 16.5. The fraction of sp³-hybridized carbons (Fsp3) is 0.500. The number of rotatable bonds is 6. The third-order valence-electron chi connectivity index (χ3n) is 4.25. The lowest BCUT2D eigenvalue weighted by Crippen LogP contribution is -2.44. The zero-order valence-corrected chi connectivity index (χ0v) is 14.8. The zero-order chi connectivity index (χ0) is 17.6. The standard InChI is InChI=1S/C18H25N5O2/c1-3-7-23-16(12-14(2)21-23)20-18(24)17(15-5-4-6-19-13-15)22-8-10-25-11-9-22/h4-6,12-13,17H,3,7-11H2,1-2H3,(H,20,24). The highest BCUT2D eigenvalue weighted by Gasteiger charge is 2.30. The number of aryl methyl sites for hydroxylation is 2. The third kappa shape index (κ3) is 4.24. The lowest BCUT2D eigenvalue weighted by Gasteiger charge is -2.33. The zero-order valence-electron chi connectivity index (χ0n) is 14.8. The largest absolute Gasteiger partial charge is 0.379 e. The molecule has 1 saturated heterocycles. The molecule has 3 rings (SSSR count). The second-order valence-electron chi connectivity index (χ2n) is 6.22. The smallest absolute Gasteiger partial charge is 0.247 e. The van der Waals surface area contributed by atoms with Crippen LogP contribution < -0.4 is 5.32 Å². The molecular formula is C18H25N5O2. The van der Waals surface area contributed by atoms with Gasteiger partial charge in [-0.05, 0) is 25.0 Å². The number of nitrogens with zero attached hydrogens (tertiary/aromatic N) is 4. The molecule has 25 heavy (non-hydrogen) atoms. The number of carbonyl (C=O) groups excluding carboxylic acids is 1. The van der Waals surface area contributed by atoms with Crippen molar-refractivity contribution in [2.24, 2.45) is 0 Å². The van der Waals surface area contributed by atoms with Crippen LogP contribution in [0, 0.1) is 6.92 Å². The summed E-state index contributed by atoms with van der Waals surface area (Å²) in [5.74, 6) is 0.679. The van der Waals surface area contributed by atoms with Crippen LogP contribution in [0.25, 0.3) is 0 Å². The van der Waals surface area contributed by atoms with E-state index in [2.05, 4.69) is 27.2 Å². The number of pyridine rings is 1. The summed E-state index contributed by atoms with van der Waals surface area (Å²) in [5, 5.41) is 7.52. The molecule has 0 bridgehead atoms. The molecule has 0 aromatic carbocycles. The molecule has 0 aliphatic carbocycles. The predicted octanol–water partition coefficient (Wildman–Crippen LogP) is 2.01. The number of anilines is 1. The molecule has 0 spiro atoms. The summed E-state index contributed by atoms with van der Waals surface area (Å²) in [6.45, 7) is 7.52. The molecule has 134 valence electrons. The Morgan fingerprint density at radius 2 is 2.20 bits per heavy atom. The summed E-state index contributed by atoms with van der Waals surface area (Å²) >= 11 is 0. The second-order valence-corrected chi connectivity index (χ2v) is 6.22. The molecule has 1 atom stereocenters. The molecule has 1 aliphatic heterocycles. The van der Waals surface area contributed by atoms with Gasteiger partial charge in [-0.15, -0.1) is 0 Å². The lowest BCUT2D eigenvalue weighted by molar-refractivity contribution is -0.123. The number of amides is 1. The first kappa shape index (κ1) is 17.6. The number of morpholine rings is 1. The number of ether oxygens (including phenoxy) is 1. The number of aromatic nitrogens is 3. The van der Waals surface area contributed by atoms with Crippen molar-refractivity contribution in [3.8, 4) is 0 Å². The van der Waals surface area contributed by atoms with Gasteiger partial charge >= 0.3 is 0 Å². The van der Waals surface area contributed by atoms with Crippen LogP contribution in [-0.4, -0.2) is 51.9 Å². The summed E-state index contributed by atoms with van der Waals surface area (Å²) in [6.07, 6.45) is 4.44. The number of carbonyl (C=O) groups is 1. The van der Waals surface area contributed by atoms with Crippen molar-refractivity contribution in [2.75, 3.05) is 31.6 Å². The first-order valence-corrected chi connectivity index (χ1v) is 8.76. The fourth-order valence-corrected chi connectivity index (χ4v) is 3.12. The first-order valence-electron chi connectivity index (χ1n) is 8.76. The van der Waals surface area contributed by atoms with Gasteiger partial charge < -0.3 is 10.1 Å². The van der Waals surface area contributed by atoms with E-state index in [0.29, 0.717) is 13.2 Å². The van der Waals surface area contributed by atoms with Crippen LogP contribution in [0.4, 0.5) is 5.82 Å². The van der Waals surface area contributed by atoms with Gasteiger partial charge in [0, 0.05) is 38.1 Å². The van der Waals surface area contributed by atoms with E-state index >= 15 is 0 Å². The van der Waals surface area contributed by atoms with Gasteiger partial charge in [0.15, 0.2) is 0 Å². The van der Waals surface area contributed by atoms with E-state index in [1.165, 1.54) is 0 Å². The molecule has 1 N–H and O–H groups in total. The van der Waals surface area contributed by atoms with Crippen molar-refractivity contribution in [1.82, 2.24) is 19.7 Å². The van der Waals surface area contributed by atoms with E-state index < -0.39 is 0 Å². The van der Waals surface area contributed by atoms with E-state index in [4.69, 9.17) is 4.74 Å². The normalized spacial score (nSPS) is 16.6. The van der Waals surface area contributed by atoms with Crippen LogP contribution in [0.3, 0.4) is 0 Å². The molecule has 1 unspecified atom stereocenters. The molecule has 7 heteroatoms. The van der Waals surface area contributed by atoms with Crippen LogP contribution in [-0.2, 0) is 16.1 Å². The van der Waals surface area contributed by atoms with Crippen molar-refractivity contribution < 1.29 is 9.53 Å². The summed E-state index contributed by atoms with van der Waals surface area (Å²) in [4.78, 5) is 19.4. The van der Waals surface area contributed by atoms with Crippen LogP contribution in [0.1, 0.15) is 30.6 Å². The van der Waals surface area contributed by atoms with Gasteiger partial charge in [-0.1, -0.05) is 13.0 Å². The van der Waals surface area contributed by atoms with E-state index in [-0.39, 0.29) is 11.9 Å². The summed E-state index contributed by atoms with van der Waals surface area (Å²) in [5.41, 5.74) is 1.79. The van der Waals surface area contributed by atoms with E-state index in [1.54, 1.807) is 12.4 Å². The summed E-state index contributed by atoms with van der Waals surface area (Å²) in [6, 6.07) is 5.33. The van der Waals surface area contributed by atoms with Crippen molar-refractivity contribution in [2.45, 2.75) is 32.9 Å². The lowest BCUT2D eigenvalue weighted by atomic mass is 10.1. The van der Waals surface area contributed by atoms with E-state index in [1.807, 2.05) is 29.8 Å². The Kier molecular flexibility index (Phi) is 5.78. The van der Waals surface area contributed by atoms with Crippen LogP contribution >= 0.6 is 0 Å². The van der Waals surface area contributed by atoms with Crippen molar-refractivity contribution in [1.29, 1.82) is 0 Å². The minimum atomic E-state index is -0.386. The average Bonchev–Trinajstić information content (AvgIpc) is 2.96. The number of nitrogens with one attached hydrogen (secondary N) is 1. The quantitative estimate of drug-likeness (QED) is 0.869. The van der Waals surface area contributed by atoms with Gasteiger partial charge in [0.25, 0.3) is 0 Å². The molecule has 0 saturated carbocycles. The molecule has 1 aliphatic rings. The van der Waals surface area contributed by atoms with Crippen molar-refractivity contribution >= 4 is 11.7 Å². The molecule has 1 fully saturated rings. The molecule has 3 heterocycles. The van der Waals surface area contributed by atoms with E-state index in [0.717, 1.165) is 43.1 Å². The Morgan fingerprint density at radius 1 is 1.40 bits per heavy atom. The van der Waals surface area contributed by atoms with Gasteiger partial charge in [-0.2, -0.15) is 5.10 Å². The SMILES string of the molecule is CCCn1nc(C)cc1NC(=O)C(c1cccnc1)N1CCOCC1. The molecule has 2 aromatic rings. The predicted molar refractivity (Wildman–Crippen MR) is 95.3 cm³/mol. The molecule has 7 nitrogen and oxygen atoms in total. The molecular weight excluding hydrogens is 318 g/mol. The minimum Gasteiger partial charge on any atom is -0.379 e. The topological polar surface area (TPSA) is 72.3 Å². The van der Waals surface area contributed by atoms with E-state index in [9.17, 15) is 4.79 Å². The van der Waals surface area contributed by atoms with Gasteiger partial charge in [0.2, 0.25) is 5.91 Å². The van der Waals surface area contributed by atoms with Gasteiger partial charge in [-0.25, -0.2) is 4.68 Å². The van der Waals surface area contributed by atoms with Crippen LogP contribution in [0.5, 0.6) is 0 Å². The highest BCUT2D eigenvalue weighted by molar-refractivity contribution is 5.95.